The Bertz CT molecular complexity index is 1180. The smallest absolute Gasteiger partial charge is 0.331 e. The molecule has 1 aromatic carbocycles. The first kappa shape index (κ1) is 16.8. The lowest BCUT2D eigenvalue weighted by Crippen LogP contribution is -2.40. The maximum absolute atomic E-state index is 12.8. The summed E-state index contributed by atoms with van der Waals surface area (Å²) in [7, 11) is 0. The number of rotatable bonds is 5. The number of aromatic nitrogens is 4. The largest absolute Gasteiger partial charge is 0.332 e. The Morgan fingerprint density at radius 3 is 2.54 bits per heavy atom. The summed E-state index contributed by atoms with van der Waals surface area (Å²) >= 11 is 1.62. The van der Waals surface area contributed by atoms with Gasteiger partial charge in [0.25, 0.3) is 5.56 Å². The standard InChI is InChI=1S/C19H20N4O2S/c1-3-9-22-17-15(18(24)23(10-4-2)19(22)25)20-16(21-17)14-11-12-7-5-6-8-13(12)26-14/h5-8,11H,3-4,9-10H2,1-2H3,(H,20,21). The minimum absolute atomic E-state index is 0.277. The highest BCUT2D eigenvalue weighted by Gasteiger charge is 2.18. The zero-order chi connectivity index (χ0) is 18.3. The monoisotopic (exact) mass is 368 g/mol. The van der Waals surface area contributed by atoms with E-state index in [1.54, 1.807) is 15.9 Å². The van der Waals surface area contributed by atoms with Gasteiger partial charge in [0, 0.05) is 17.8 Å². The Morgan fingerprint density at radius 2 is 1.81 bits per heavy atom. The van der Waals surface area contributed by atoms with Crippen molar-refractivity contribution in [2.45, 2.75) is 39.8 Å². The van der Waals surface area contributed by atoms with Crippen molar-refractivity contribution in [2.75, 3.05) is 0 Å². The Morgan fingerprint density at radius 1 is 1.08 bits per heavy atom. The summed E-state index contributed by atoms with van der Waals surface area (Å²) in [4.78, 5) is 34.3. The van der Waals surface area contributed by atoms with Crippen LogP contribution in [0.1, 0.15) is 26.7 Å². The molecule has 0 aliphatic carbocycles. The van der Waals surface area contributed by atoms with Gasteiger partial charge in [0.05, 0.1) is 4.88 Å². The van der Waals surface area contributed by atoms with Crippen molar-refractivity contribution in [1.82, 2.24) is 19.1 Å². The van der Waals surface area contributed by atoms with Crippen LogP contribution in [-0.2, 0) is 13.1 Å². The number of nitrogens with zero attached hydrogens (tertiary/aromatic N) is 3. The molecular formula is C19H20N4O2S. The van der Waals surface area contributed by atoms with Crippen LogP contribution in [0.2, 0.25) is 0 Å². The lowest BCUT2D eigenvalue weighted by Gasteiger charge is -2.09. The maximum Gasteiger partial charge on any atom is 0.332 e. The van der Waals surface area contributed by atoms with Crippen LogP contribution >= 0.6 is 11.3 Å². The Hall–Kier alpha value is -2.67. The number of H-pyrrole nitrogens is 1. The van der Waals surface area contributed by atoms with Gasteiger partial charge in [-0.1, -0.05) is 32.0 Å². The van der Waals surface area contributed by atoms with Gasteiger partial charge < -0.3 is 4.98 Å². The molecule has 0 atom stereocenters. The summed E-state index contributed by atoms with van der Waals surface area (Å²) < 4.78 is 4.09. The van der Waals surface area contributed by atoms with E-state index >= 15 is 0 Å². The summed E-state index contributed by atoms with van der Waals surface area (Å²) in [5.74, 6) is 0.636. The molecule has 0 bridgehead atoms. The van der Waals surface area contributed by atoms with Gasteiger partial charge in [0.15, 0.2) is 11.5 Å². The van der Waals surface area contributed by atoms with Crippen LogP contribution in [-0.4, -0.2) is 19.1 Å². The minimum atomic E-state index is -0.293. The molecule has 3 aromatic heterocycles. The van der Waals surface area contributed by atoms with Crippen molar-refractivity contribution in [2.24, 2.45) is 0 Å². The van der Waals surface area contributed by atoms with Gasteiger partial charge in [0.2, 0.25) is 0 Å². The minimum Gasteiger partial charge on any atom is -0.331 e. The third kappa shape index (κ3) is 2.59. The first-order valence-electron chi connectivity index (χ1n) is 8.86. The Balaban J connectivity index is 1.98. The van der Waals surface area contributed by atoms with Gasteiger partial charge in [-0.05, 0) is 30.4 Å². The molecule has 26 heavy (non-hydrogen) atoms. The summed E-state index contributed by atoms with van der Waals surface area (Å²) in [6.07, 6.45) is 1.52. The molecule has 0 unspecified atom stereocenters. The number of benzene rings is 1. The van der Waals surface area contributed by atoms with Crippen LogP contribution in [0.5, 0.6) is 0 Å². The van der Waals surface area contributed by atoms with E-state index in [4.69, 9.17) is 0 Å². The van der Waals surface area contributed by atoms with Gasteiger partial charge in [-0.25, -0.2) is 9.78 Å². The molecule has 4 aromatic rings. The molecule has 0 saturated heterocycles. The number of aryl methyl sites for hydroxylation is 1. The number of aromatic amines is 1. The number of thiophene rings is 1. The van der Waals surface area contributed by atoms with E-state index < -0.39 is 0 Å². The second kappa shape index (κ2) is 6.57. The molecule has 0 radical (unpaired) electrons. The van der Waals surface area contributed by atoms with E-state index in [2.05, 4.69) is 28.2 Å². The number of imidazole rings is 1. The van der Waals surface area contributed by atoms with E-state index in [1.807, 2.05) is 26.0 Å². The Labute approximate surface area is 153 Å². The van der Waals surface area contributed by atoms with Crippen molar-refractivity contribution in [3.63, 3.8) is 0 Å². The maximum atomic E-state index is 12.8. The van der Waals surface area contributed by atoms with Gasteiger partial charge in [-0.3, -0.25) is 13.9 Å². The molecular weight excluding hydrogens is 348 g/mol. The first-order chi connectivity index (χ1) is 12.6. The fraction of sp³-hybridized carbons (Fsp3) is 0.316. The molecule has 1 N–H and O–H groups in total. The third-order valence-electron chi connectivity index (χ3n) is 4.41. The summed E-state index contributed by atoms with van der Waals surface area (Å²) in [6, 6.07) is 10.2. The normalized spacial score (nSPS) is 11.6. The van der Waals surface area contributed by atoms with E-state index in [1.165, 1.54) is 4.57 Å². The molecule has 3 heterocycles. The van der Waals surface area contributed by atoms with Crippen molar-refractivity contribution in [3.8, 4) is 10.7 Å². The lowest BCUT2D eigenvalue weighted by molar-refractivity contribution is 0.555. The summed E-state index contributed by atoms with van der Waals surface area (Å²) in [6.45, 7) is 4.91. The summed E-state index contributed by atoms with van der Waals surface area (Å²) in [5, 5.41) is 1.14. The van der Waals surface area contributed by atoms with Crippen LogP contribution in [0.4, 0.5) is 0 Å². The molecule has 0 fully saturated rings. The molecule has 0 amide bonds. The molecule has 134 valence electrons. The van der Waals surface area contributed by atoms with Crippen molar-refractivity contribution < 1.29 is 0 Å². The topological polar surface area (TPSA) is 72.7 Å². The molecule has 0 saturated carbocycles. The van der Waals surface area contributed by atoms with Crippen LogP contribution in [0.25, 0.3) is 32.0 Å². The second-order valence-electron chi connectivity index (χ2n) is 6.32. The van der Waals surface area contributed by atoms with Crippen LogP contribution in [0.15, 0.2) is 39.9 Å². The average molecular weight is 368 g/mol. The zero-order valence-corrected chi connectivity index (χ0v) is 15.6. The number of nitrogens with one attached hydrogen (secondary N) is 1. The predicted octanol–water partition coefficient (Wildman–Crippen LogP) is 3.59. The van der Waals surface area contributed by atoms with Crippen molar-refractivity contribution in [1.29, 1.82) is 0 Å². The van der Waals surface area contributed by atoms with E-state index in [-0.39, 0.29) is 11.2 Å². The highest BCUT2D eigenvalue weighted by molar-refractivity contribution is 7.22. The van der Waals surface area contributed by atoms with Crippen LogP contribution < -0.4 is 11.2 Å². The van der Waals surface area contributed by atoms with Crippen LogP contribution in [0.3, 0.4) is 0 Å². The van der Waals surface area contributed by atoms with Crippen molar-refractivity contribution in [3.05, 3.63) is 51.2 Å². The zero-order valence-electron chi connectivity index (χ0n) is 14.8. The molecule has 0 spiro atoms. The van der Waals surface area contributed by atoms with E-state index in [9.17, 15) is 9.59 Å². The highest BCUT2D eigenvalue weighted by atomic mass is 32.1. The number of hydrogen-bond acceptors (Lipinski definition) is 4. The number of fused-ring (bicyclic) bond motifs is 2. The van der Waals surface area contributed by atoms with Gasteiger partial charge in [-0.15, -0.1) is 11.3 Å². The van der Waals surface area contributed by atoms with Crippen molar-refractivity contribution >= 4 is 32.6 Å². The van der Waals surface area contributed by atoms with Crippen LogP contribution in [0, 0.1) is 0 Å². The van der Waals surface area contributed by atoms with E-state index in [0.29, 0.717) is 30.1 Å². The SMILES string of the molecule is CCCn1c(=O)c2[nH]c(-c3cc4ccccc4s3)nc2n(CCC)c1=O. The predicted molar refractivity (Wildman–Crippen MR) is 106 cm³/mol. The molecule has 7 heteroatoms. The lowest BCUT2D eigenvalue weighted by atomic mass is 10.2. The van der Waals surface area contributed by atoms with Gasteiger partial charge in [-0.2, -0.15) is 0 Å². The Kier molecular flexibility index (Phi) is 4.24. The average Bonchev–Trinajstić information content (AvgIpc) is 3.26. The quantitative estimate of drug-likeness (QED) is 0.585. The fourth-order valence-corrected chi connectivity index (χ4v) is 4.24. The number of hydrogen-bond donors (Lipinski definition) is 1. The highest BCUT2D eigenvalue weighted by Crippen LogP contribution is 2.32. The summed E-state index contributed by atoms with van der Waals surface area (Å²) in [5.41, 5.74) is 0.278. The van der Waals surface area contributed by atoms with Gasteiger partial charge in [0.1, 0.15) is 5.52 Å². The van der Waals surface area contributed by atoms with Gasteiger partial charge >= 0.3 is 5.69 Å². The molecule has 6 nitrogen and oxygen atoms in total. The first-order valence-corrected chi connectivity index (χ1v) is 9.68. The molecule has 0 aliphatic heterocycles. The fourth-order valence-electron chi connectivity index (χ4n) is 3.23. The van der Waals surface area contributed by atoms with E-state index in [0.717, 1.165) is 27.8 Å². The third-order valence-corrected chi connectivity index (χ3v) is 5.54. The molecule has 0 aliphatic rings. The molecule has 4 rings (SSSR count). The second-order valence-corrected chi connectivity index (χ2v) is 7.41.